The SMILES string of the molecule is COc1ccc([C@@H]2CC[C@@]3(C)C(=O)N[C@H](C)[C@H]3[C@H]2c2ccc(Cl)cn2)c(Cl)c1. The van der Waals surface area contributed by atoms with E-state index in [4.69, 9.17) is 27.9 Å². The van der Waals surface area contributed by atoms with Crippen LogP contribution in [0.4, 0.5) is 0 Å². The third kappa shape index (κ3) is 3.07. The Bertz CT molecular complexity index is 902. The summed E-state index contributed by atoms with van der Waals surface area (Å²) in [6.07, 6.45) is 3.38. The van der Waals surface area contributed by atoms with Gasteiger partial charge < -0.3 is 10.1 Å². The predicted molar refractivity (Wildman–Crippen MR) is 111 cm³/mol. The monoisotopic (exact) mass is 418 g/mol. The predicted octanol–water partition coefficient (Wildman–Crippen LogP) is 5.20. The summed E-state index contributed by atoms with van der Waals surface area (Å²) in [6.45, 7) is 4.18. The molecule has 1 aromatic heterocycles. The molecule has 0 unspecified atom stereocenters. The Morgan fingerprint density at radius 3 is 2.68 bits per heavy atom. The number of methoxy groups -OCH3 is 1. The van der Waals surface area contributed by atoms with E-state index in [2.05, 4.69) is 24.1 Å². The third-order valence-electron chi connectivity index (χ3n) is 6.65. The first-order valence-corrected chi connectivity index (χ1v) is 10.4. The summed E-state index contributed by atoms with van der Waals surface area (Å²) in [5, 5.41) is 4.47. The van der Waals surface area contributed by atoms with E-state index < -0.39 is 5.41 Å². The van der Waals surface area contributed by atoms with E-state index in [1.54, 1.807) is 13.3 Å². The number of ether oxygens (including phenoxy) is 1. The Balaban J connectivity index is 1.84. The Kier molecular flexibility index (Phi) is 5.05. The molecule has 2 fully saturated rings. The van der Waals surface area contributed by atoms with Crippen molar-refractivity contribution < 1.29 is 9.53 Å². The first-order valence-electron chi connectivity index (χ1n) is 9.61. The third-order valence-corrected chi connectivity index (χ3v) is 7.20. The van der Waals surface area contributed by atoms with Gasteiger partial charge in [0.1, 0.15) is 5.75 Å². The van der Waals surface area contributed by atoms with Crippen molar-refractivity contribution in [2.45, 2.75) is 44.6 Å². The van der Waals surface area contributed by atoms with Crippen molar-refractivity contribution in [2.75, 3.05) is 7.11 Å². The molecule has 1 N–H and O–H groups in total. The Morgan fingerprint density at radius 2 is 2.04 bits per heavy atom. The molecule has 0 spiro atoms. The Morgan fingerprint density at radius 1 is 1.25 bits per heavy atom. The summed E-state index contributed by atoms with van der Waals surface area (Å²) >= 11 is 12.7. The largest absolute Gasteiger partial charge is 0.497 e. The van der Waals surface area contributed by atoms with E-state index >= 15 is 0 Å². The van der Waals surface area contributed by atoms with Gasteiger partial charge in [0, 0.05) is 34.8 Å². The van der Waals surface area contributed by atoms with Crippen LogP contribution in [0.25, 0.3) is 0 Å². The lowest BCUT2D eigenvalue weighted by Gasteiger charge is -2.45. The van der Waals surface area contributed by atoms with Crippen LogP contribution in [0.2, 0.25) is 10.0 Å². The molecule has 28 heavy (non-hydrogen) atoms. The topological polar surface area (TPSA) is 51.2 Å². The van der Waals surface area contributed by atoms with E-state index in [9.17, 15) is 4.79 Å². The quantitative estimate of drug-likeness (QED) is 0.744. The summed E-state index contributed by atoms with van der Waals surface area (Å²) in [6, 6.07) is 9.78. The van der Waals surface area contributed by atoms with E-state index in [0.29, 0.717) is 10.0 Å². The molecular formula is C22H24Cl2N2O2. The Hall–Kier alpha value is -1.78. The lowest BCUT2D eigenvalue weighted by molar-refractivity contribution is -0.129. The molecule has 148 valence electrons. The molecule has 2 heterocycles. The van der Waals surface area contributed by atoms with Gasteiger partial charge in [-0.2, -0.15) is 0 Å². The molecule has 1 saturated heterocycles. The van der Waals surface area contributed by atoms with Gasteiger partial charge in [0.2, 0.25) is 5.91 Å². The molecule has 1 aromatic carbocycles. The smallest absolute Gasteiger partial charge is 0.226 e. The number of rotatable bonds is 3. The number of benzene rings is 1. The normalized spacial score (nSPS) is 32.0. The fourth-order valence-electron chi connectivity index (χ4n) is 5.30. The molecular weight excluding hydrogens is 395 g/mol. The number of amides is 1. The van der Waals surface area contributed by atoms with Crippen LogP contribution in [-0.2, 0) is 4.79 Å². The van der Waals surface area contributed by atoms with E-state index in [1.807, 2.05) is 30.3 Å². The highest BCUT2D eigenvalue weighted by atomic mass is 35.5. The number of carbonyl (C=O) groups is 1. The van der Waals surface area contributed by atoms with Gasteiger partial charge in [-0.15, -0.1) is 0 Å². The van der Waals surface area contributed by atoms with Gasteiger partial charge >= 0.3 is 0 Å². The molecule has 2 aliphatic rings. The number of aromatic nitrogens is 1. The van der Waals surface area contributed by atoms with Gasteiger partial charge in [0.05, 0.1) is 17.5 Å². The number of nitrogens with zero attached hydrogens (tertiary/aromatic N) is 1. The minimum atomic E-state index is -0.402. The fraction of sp³-hybridized carbons (Fsp3) is 0.455. The minimum Gasteiger partial charge on any atom is -0.497 e. The zero-order valence-corrected chi connectivity index (χ0v) is 17.7. The highest BCUT2D eigenvalue weighted by molar-refractivity contribution is 6.31. The molecule has 4 nitrogen and oxygen atoms in total. The molecule has 4 rings (SSSR count). The molecule has 0 bridgehead atoms. The summed E-state index contributed by atoms with van der Waals surface area (Å²) in [7, 11) is 1.63. The standard InChI is InChI=1S/C22H24Cl2N2O2/c1-12-20-19(18-7-4-13(23)11-25-18)16(8-9-22(20,2)21(27)26-12)15-6-5-14(28-3)10-17(15)24/h4-7,10-12,16,19-20H,8-9H2,1-3H3,(H,26,27)/t12-,16+,19-,20+,22-/m1/s1. The van der Waals surface area contributed by atoms with Crippen molar-refractivity contribution in [2.24, 2.45) is 11.3 Å². The summed E-state index contributed by atoms with van der Waals surface area (Å²) in [5.41, 5.74) is 1.64. The number of nitrogens with one attached hydrogen (secondary N) is 1. The first kappa shape index (κ1) is 19.5. The molecule has 6 heteroatoms. The fourth-order valence-corrected chi connectivity index (χ4v) is 5.72. The molecule has 1 aliphatic carbocycles. The second kappa shape index (κ2) is 7.23. The molecule has 5 atom stereocenters. The molecule has 1 saturated carbocycles. The highest BCUT2D eigenvalue weighted by Crippen LogP contribution is 2.58. The summed E-state index contributed by atoms with van der Waals surface area (Å²) in [4.78, 5) is 17.4. The zero-order valence-electron chi connectivity index (χ0n) is 16.2. The number of fused-ring (bicyclic) bond motifs is 1. The summed E-state index contributed by atoms with van der Waals surface area (Å²) < 4.78 is 5.31. The lowest BCUT2D eigenvalue weighted by Crippen LogP contribution is -2.42. The van der Waals surface area contributed by atoms with Crippen molar-refractivity contribution in [3.8, 4) is 5.75 Å². The average molecular weight is 419 g/mol. The molecule has 0 radical (unpaired) electrons. The van der Waals surface area contributed by atoms with Crippen LogP contribution in [0.5, 0.6) is 5.75 Å². The number of hydrogen-bond acceptors (Lipinski definition) is 3. The van der Waals surface area contributed by atoms with Gasteiger partial charge in [0.25, 0.3) is 0 Å². The Labute approximate surface area is 175 Å². The van der Waals surface area contributed by atoms with Crippen molar-refractivity contribution in [1.29, 1.82) is 0 Å². The van der Waals surface area contributed by atoms with Crippen LogP contribution in [0, 0.1) is 11.3 Å². The van der Waals surface area contributed by atoms with Crippen LogP contribution >= 0.6 is 23.2 Å². The average Bonchev–Trinajstić information content (AvgIpc) is 2.91. The molecule has 1 amide bonds. The zero-order chi connectivity index (χ0) is 20.1. The maximum atomic E-state index is 12.8. The van der Waals surface area contributed by atoms with Crippen molar-refractivity contribution >= 4 is 29.1 Å². The van der Waals surface area contributed by atoms with Crippen molar-refractivity contribution in [3.05, 3.63) is 57.8 Å². The van der Waals surface area contributed by atoms with Crippen LogP contribution < -0.4 is 10.1 Å². The second-order valence-corrected chi connectivity index (χ2v) is 9.01. The van der Waals surface area contributed by atoms with E-state index in [0.717, 1.165) is 29.8 Å². The van der Waals surface area contributed by atoms with Gasteiger partial charge in [-0.1, -0.05) is 36.2 Å². The van der Waals surface area contributed by atoms with E-state index in [1.165, 1.54) is 0 Å². The van der Waals surface area contributed by atoms with Crippen molar-refractivity contribution in [3.63, 3.8) is 0 Å². The maximum Gasteiger partial charge on any atom is 0.226 e. The number of carbonyl (C=O) groups excluding carboxylic acids is 1. The van der Waals surface area contributed by atoms with Crippen LogP contribution in [0.3, 0.4) is 0 Å². The number of pyridine rings is 1. The lowest BCUT2D eigenvalue weighted by atomic mass is 9.56. The molecule has 2 aromatic rings. The maximum absolute atomic E-state index is 12.8. The van der Waals surface area contributed by atoms with Crippen LogP contribution in [-0.4, -0.2) is 24.0 Å². The number of halogens is 2. The molecule has 1 aliphatic heterocycles. The second-order valence-electron chi connectivity index (χ2n) is 8.17. The van der Waals surface area contributed by atoms with Gasteiger partial charge in [-0.3, -0.25) is 9.78 Å². The number of hydrogen-bond donors (Lipinski definition) is 1. The van der Waals surface area contributed by atoms with Gasteiger partial charge in [-0.25, -0.2) is 0 Å². The van der Waals surface area contributed by atoms with Crippen molar-refractivity contribution in [1.82, 2.24) is 10.3 Å². The van der Waals surface area contributed by atoms with E-state index in [-0.39, 0.29) is 29.7 Å². The van der Waals surface area contributed by atoms with Gasteiger partial charge in [-0.05, 0) is 55.5 Å². The first-order chi connectivity index (χ1) is 13.3. The summed E-state index contributed by atoms with van der Waals surface area (Å²) in [5.74, 6) is 1.24. The van der Waals surface area contributed by atoms with Crippen LogP contribution in [0.15, 0.2) is 36.5 Å². The van der Waals surface area contributed by atoms with Gasteiger partial charge in [0.15, 0.2) is 0 Å². The van der Waals surface area contributed by atoms with Crippen LogP contribution in [0.1, 0.15) is 49.8 Å². The minimum absolute atomic E-state index is 0.0656. The highest BCUT2D eigenvalue weighted by Gasteiger charge is 2.58.